The fourth-order valence-corrected chi connectivity index (χ4v) is 8.09. The maximum absolute atomic E-state index is 13.6. The molecule has 2 aromatic rings. The van der Waals surface area contributed by atoms with Gasteiger partial charge in [-0.1, -0.05) is 72.0 Å². The van der Waals surface area contributed by atoms with Crippen molar-refractivity contribution in [2.45, 2.75) is 73.2 Å². The number of thioether (sulfide) groups is 2. The first-order chi connectivity index (χ1) is 19.4. The Bertz CT molecular complexity index is 1270. The molecule has 0 saturated carbocycles. The summed E-state index contributed by atoms with van der Waals surface area (Å²) in [6, 6.07) is 0. The summed E-state index contributed by atoms with van der Waals surface area (Å²) in [7, 11) is -4.11. The Kier molecular flexibility index (Phi) is 11.7. The number of aromatic nitrogens is 2. The van der Waals surface area contributed by atoms with Crippen molar-refractivity contribution < 1.29 is 37.6 Å². The maximum atomic E-state index is 13.6. The highest BCUT2D eigenvalue weighted by atomic mass is 32.2. The lowest BCUT2D eigenvalue weighted by Gasteiger charge is -2.27. The number of nitrogens with two attached hydrogens (primary N) is 1. The summed E-state index contributed by atoms with van der Waals surface area (Å²) in [5.74, 6) is 0.432. The predicted molar refractivity (Wildman–Crippen MR) is 169 cm³/mol. The number of hydrogen-bond acceptors (Lipinski definition) is 14. The number of hydrogen-bond donors (Lipinski definition) is 2. The normalized spacial score (nSPS) is 23.5. The lowest BCUT2D eigenvalue weighted by Crippen LogP contribution is -2.36. The monoisotopic (exact) mass is 663 g/mol. The van der Waals surface area contributed by atoms with Gasteiger partial charge in [0.2, 0.25) is 0 Å². The summed E-state index contributed by atoms with van der Waals surface area (Å²) in [6.45, 7) is 14.1. The molecule has 2 aromatic heterocycles. The number of fused-ring (bicyclic) bond motifs is 1. The Morgan fingerprint density at radius 2 is 1.62 bits per heavy atom. The third-order valence-electron chi connectivity index (χ3n) is 6.76. The number of carbonyl (C=O) groups excluding carboxylic acids is 2. The highest BCUT2D eigenvalue weighted by Gasteiger charge is 2.52. The van der Waals surface area contributed by atoms with Crippen molar-refractivity contribution in [2.24, 2.45) is 16.7 Å². The fraction of sp³-hybridized carbons (Fsp3) is 0.704. The first-order valence-corrected chi connectivity index (χ1v) is 17.9. The highest BCUT2D eigenvalue weighted by molar-refractivity contribution is 8.14. The molecular weight excluding hydrogens is 621 g/mol. The SMILES string of the molecule is C[C@@H]1[C@@H](COP(=O)(OCCSC(=O)C(C)(C)C)OCCSC(=O)C(C)(C)C)O[C@@H](c2scc3c(N)ncnc23)[C@]1(C)O. The molecule has 11 nitrogen and oxygen atoms in total. The maximum Gasteiger partial charge on any atom is 0.474 e. The number of carbonyl (C=O) groups is 2. The van der Waals surface area contributed by atoms with Crippen LogP contribution in [0.15, 0.2) is 11.7 Å². The van der Waals surface area contributed by atoms with Crippen molar-refractivity contribution in [1.29, 1.82) is 0 Å². The first-order valence-electron chi connectivity index (χ1n) is 13.6. The van der Waals surface area contributed by atoms with E-state index in [0.717, 1.165) is 23.5 Å². The van der Waals surface area contributed by atoms with Gasteiger partial charge in [0, 0.05) is 33.6 Å². The summed E-state index contributed by atoms with van der Waals surface area (Å²) >= 11 is 3.53. The molecule has 42 heavy (non-hydrogen) atoms. The number of nitrogens with zero attached hydrogens (tertiary/aromatic N) is 2. The molecule has 3 rings (SSSR count). The summed E-state index contributed by atoms with van der Waals surface area (Å²) in [5, 5.41) is 13.9. The van der Waals surface area contributed by atoms with Crippen LogP contribution in [0.4, 0.5) is 5.82 Å². The van der Waals surface area contributed by atoms with Gasteiger partial charge in [0.1, 0.15) is 18.2 Å². The topological polar surface area (TPSA) is 160 Å². The van der Waals surface area contributed by atoms with Gasteiger partial charge < -0.3 is 15.6 Å². The van der Waals surface area contributed by atoms with Crippen LogP contribution in [0.5, 0.6) is 0 Å². The minimum Gasteiger partial charge on any atom is -0.387 e. The van der Waals surface area contributed by atoms with E-state index < -0.39 is 42.4 Å². The third-order valence-corrected chi connectivity index (χ3v) is 11.7. The van der Waals surface area contributed by atoms with Crippen LogP contribution in [0.3, 0.4) is 0 Å². The van der Waals surface area contributed by atoms with Gasteiger partial charge in [0.05, 0.1) is 47.3 Å². The average molecular weight is 664 g/mol. The van der Waals surface area contributed by atoms with Crippen molar-refractivity contribution in [2.75, 3.05) is 37.1 Å². The predicted octanol–water partition coefficient (Wildman–Crippen LogP) is 5.87. The largest absolute Gasteiger partial charge is 0.474 e. The summed E-state index contributed by atoms with van der Waals surface area (Å²) < 4.78 is 36.8. The smallest absolute Gasteiger partial charge is 0.387 e. The molecule has 1 fully saturated rings. The van der Waals surface area contributed by atoms with Gasteiger partial charge in [0.15, 0.2) is 10.2 Å². The molecule has 0 amide bonds. The summed E-state index contributed by atoms with van der Waals surface area (Å²) in [6.07, 6.45) is -0.0259. The van der Waals surface area contributed by atoms with Gasteiger partial charge in [-0.3, -0.25) is 23.2 Å². The number of phosphoric ester groups is 1. The molecule has 0 spiro atoms. The first kappa shape index (κ1) is 35.4. The molecular formula is C27H42N3O8PS3. The Hall–Kier alpha value is -1.09. The number of rotatable bonds is 12. The van der Waals surface area contributed by atoms with Gasteiger partial charge >= 0.3 is 7.82 Å². The number of nitrogen functional groups attached to an aromatic ring is 1. The van der Waals surface area contributed by atoms with Crippen LogP contribution in [0.25, 0.3) is 10.9 Å². The molecule has 0 radical (unpaired) electrons. The van der Waals surface area contributed by atoms with Crippen LogP contribution in [0, 0.1) is 16.7 Å². The van der Waals surface area contributed by atoms with E-state index in [1.165, 1.54) is 17.7 Å². The number of ether oxygens (including phenoxy) is 1. The molecule has 0 bridgehead atoms. The van der Waals surface area contributed by atoms with E-state index >= 15 is 0 Å². The zero-order valence-corrected chi connectivity index (χ0v) is 28.7. The molecule has 3 heterocycles. The molecule has 3 N–H and O–H groups in total. The van der Waals surface area contributed by atoms with E-state index in [0.29, 0.717) is 21.6 Å². The van der Waals surface area contributed by atoms with Gasteiger partial charge in [-0.15, -0.1) is 11.3 Å². The molecule has 1 saturated heterocycles. The molecule has 1 aliphatic heterocycles. The van der Waals surface area contributed by atoms with Crippen molar-refractivity contribution in [3.05, 3.63) is 16.6 Å². The Labute approximate surface area is 260 Å². The van der Waals surface area contributed by atoms with Gasteiger partial charge in [0.25, 0.3) is 0 Å². The van der Waals surface area contributed by atoms with Crippen LogP contribution in [0.1, 0.15) is 66.4 Å². The van der Waals surface area contributed by atoms with Gasteiger partial charge in [-0.2, -0.15) is 0 Å². The zero-order chi connectivity index (χ0) is 31.5. The summed E-state index contributed by atoms with van der Waals surface area (Å²) in [5.41, 5.74) is 4.26. The van der Waals surface area contributed by atoms with E-state index in [1.54, 1.807) is 6.92 Å². The lowest BCUT2D eigenvalue weighted by molar-refractivity contribution is -0.118. The van der Waals surface area contributed by atoms with Crippen molar-refractivity contribution in [3.63, 3.8) is 0 Å². The van der Waals surface area contributed by atoms with E-state index in [4.69, 9.17) is 24.0 Å². The molecule has 1 aliphatic rings. The van der Waals surface area contributed by atoms with Crippen molar-refractivity contribution in [1.82, 2.24) is 9.97 Å². The van der Waals surface area contributed by atoms with Gasteiger partial charge in [-0.05, 0) is 6.92 Å². The van der Waals surface area contributed by atoms with Crippen molar-refractivity contribution in [3.8, 4) is 0 Å². The van der Waals surface area contributed by atoms with E-state index in [2.05, 4.69) is 9.97 Å². The van der Waals surface area contributed by atoms with Crippen LogP contribution in [-0.2, 0) is 32.5 Å². The third kappa shape index (κ3) is 8.76. The standard InChI is InChI=1S/C27H42N3O8PS3/c1-16-18(38-21(27(16,8)33)20-19-17(14-42-20)22(28)30-15-29-19)13-37-39(34,35-9-11-40-23(31)25(2,3)4)36-10-12-41-24(32)26(5,6)7/h14-16,18,21,33H,9-13H2,1-8H3,(H2,28,29,30)/t16-,18-,21+,27-/m1/s1. The second kappa shape index (κ2) is 13.9. The fourth-order valence-electron chi connectivity index (χ4n) is 3.92. The second-order valence-electron chi connectivity index (χ2n) is 12.4. The number of anilines is 1. The molecule has 0 aromatic carbocycles. The average Bonchev–Trinajstić information content (AvgIpc) is 3.41. The number of phosphoric acid groups is 1. The van der Waals surface area contributed by atoms with Gasteiger partial charge in [-0.25, -0.2) is 14.5 Å². The highest BCUT2D eigenvalue weighted by Crippen LogP contribution is 2.53. The van der Waals surface area contributed by atoms with E-state index in [1.807, 2.05) is 53.8 Å². The van der Waals surface area contributed by atoms with Crippen LogP contribution < -0.4 is 5.73 Å². The Morgan fingerprint density at radius 1 is 1.07 bits per heavy atom. The van der Waals surface area contributed by atoms with Crippen LogP contribution in [0.2, 0.25) is 0 Å². The molecule has 4 atom stereocenters. The van der Waals surface area contributed by atoms with Crippen LogP contribution in [-0.4, -0.2) is 68.3 Å². The molecule has 236 valence electrons. The van der Waals surface area contributed by atoms with E-state index in [9.17, 15) is 19.3 Å². The zero-order valence-electron chi connectivity index (χ0n) is 25.4. The summed E-state index contributed by atoms with van der Waals surface area (Å²) in [4.78, 5) is 33.6. The van der Waals surface area contributed by atoms with Crippen molar-refractivity contribution >= 4 is 69.6 Å². The Morgan fingerprint density at radius 3 is 2.14 bits per heavy atom. The lowest BCUT2D eigenvalue weighted by atomic mass is 9.85. The minimum absolute atomic E-state index is 0.0190. The number of aliphatic hydroxyl groups is 1. The Balaban J connectivity index is 1.68. The minimum atomic E-state index is -4.11. The molecule has 0 unspecified atom stereocenters. The molecule has 0 aliphatic carbocycles. The molecule has 15 heteroatoms. The van der Waals surface area contributed by atoms with E-state index in [-0.39, 0.29) is 41.6 Å². The van der Waals surface area contributed by atoms with Crippen LogP contribution >= 0.6 is 42.7 Å². The number of thiophene rings is 1. The second-order valence-corrected chi connectivity index (χ2v) is 17.1. The quantitative estimate of drug-likeness (QED) is 0.205.